The van der Waals surface area contributed by atoms with Gasteiger partial charge in [-0.3, -0.25) is 14.1 Å². The Morgan fingerprint density at radius 1 is 1.43 bits per heavy atom. The Kier molecular flexibility index (Phi) is 4.37. The Bertz CT molecular complexity index is 679. The van der Waals surface area contributed by atoms with Gasteiger partial charge in [0, 0.05) is 29.7 Å². The first-order valence-corrected chi connectivity index (χ1v) is 8.38. The van der Waals surface area contributed by atoms with E-state index >= 15 is 0 Å². The third-order valence-electron chi connectivity index (χ3n) is 4.20. The Morgan fingerprint density at radius 2 is 2.29 bits per heavy atom. The molecular formula is C15H21N3O2S. The van der Waals surface area contributed by atoms with Crippen LogP contribution < -0.4 is 5.56 Å². The third-order valence-corrected chi connectivity index (χ3v) is 5.15. The summed E-state index contributed by atoms with van der Waals surface area (Å²) >= 11 is 1.50. The minimum absolute atomic E-state index is 0.0101. The van der Waals surface area contributed by atoms with Gasteiger partial charge < -0.3 is 5.11 Å². The second-order valence-corrected chi connectivity index (χ2v) is 6.57. The van der Waals surface area contributed by atoms with Crippen LogP contribution in [0, 0.1) is 6.92 Å². The molecule has 3 heterocycles. The van der Waals surface area contributed by atoms with Crippen molar-refractivity contribution in [2.24, 2.45) is 0 Å². The molecule has 1 atom stereocenters. The molecule has 1 fully saturated rings. The van der Waals surface area contributed by atoms with Crippen molar-refractivity contribution >= 4 is 16.3 Å². The molecule has 0 bridgehead atoms. The summed E-state index contributed by atoms with van der Waals surface area (Å²) in [5.41, 5.74) is 1.73. The van der Waals surface area contributed by atoms with E-state index in [0.29, 0.717) is 6.54 Å². The molecule has 1 unspecified atom stereocenters. The Hall–Kier alpha value is -1.24. The lowest BCUT2D eigenvalue weighted by atomic mass is 10.1. The van der Waals surface area contributed by atoms with Crippen LogP contribution in [-0.2, 0) is 6.54 Å². The van der Waals surface area contributed by atoms with Crippen molar-refractivity contribution in [1.82, 2.24) is 14.3 Å². The number of aliphatic hydroxyl groups excluding tert-OH is 1. The minimum atomic E-state index is -0.0101. The molecule has 0 radical (unpaired) electrons. The highest BCUT2D eigenvalue weighted by molar-refractivity contribution is 7.15. The summed E-state index contributed by atoms with van der Waals surface area (Å²) in [4.78, 5) is 19.8. The molecule has 5 nitrogen and oxygen atoms in total. The maximum absolute atomic E-state index is 12.2. The van der Waals surface area contributed by atoms with E-state index in [1.807, 2.05) is 12.3 Å². The average Bonchev–Trinajstić information content (AvgIpc) is 2.70. The maximum atomic E-state index is 12.2. The number of likely N-dealkylation sites (tertiary alicyclic amines) is 1. The molecule has 21 heavy (non-hydrogen) atoms. The second-order valence-electron chi connectivity index (χ2n) is 5.74. The Morgan fingerprint density at radius 3 is 3.10 bits per heavy atom. The molecule has 0 saturated carbocycles. The molecule has 0 aliphatic carbocycles. The molecule has 0 aromatic carbocycles. The monoisotopic (exact) mass is 307 g/mol. The van der Waals surface area contributed by atoms with E-state index in [1.54, 1.807) is 10.5 Å². The molecule has 1 aliphatic rings. The van der Waals surface area contributed by atoms with Gasteiger partial charge in [0.15, 0.2) is 4.96 Å². The van der Waals surface area contributed by atoms with Crippen molar-refractivity contribution in [2.45, 2.75) is 45.2 Å². The molecule has 3 rings (SSSR count). The van der Waals surface area contributed by atoms with Gasteiger partial charge in [0.1, 0.15) is 0 Å². The van der Waals surface area contributed by atoms with Crippen molar-refractivity contribution in [3.05, 3.63) is 33.2 Å². The number of nitrogens with zero attached hydrogens (tertiary/aromatic N) is 3. The molecule has 0 amide bonds. The lowest BCUT2D eigenvalue weighted by molar-refractivity contribution is 0.117. The molecule has 0 spiro atoms. The van der Waals surface area contributed by atoms with E-state index in [4.69, 9.17) is 0 Å². The number of thiazole rings is 1. The van der Waals surface area contributed by atoms with Gasteiger partial charge in [-0.1, -0.05) is 12.8 Å². The molecule has 2 aromatic rings. The first kappa shape index (κ1) is 14.7. The van der Waals surface area contributed by atoms with Crippen molar-refractivity contribution < 1.29 is 5.11 Å². The van der Waals surface area contributed by atoms with Crippen LogP contribution in [-0.4, -0.2) is 38.6 Å². The highest BCUT2D eigenvalue weighted by Gasteiger charge is 2.21. The Labute approximate surface area is 127 Å². The van der Waals surface area contributed by atoms with Gasteiger partial charge in [-0.2, -0.15) is 0 Å². The van der Waals surface area contributed by atoms with Crippen molar-refractivity contribution in [1.29, 1.82) is 0 Å². The Balaban J connectivity index is 1.88. The number of fused-ring (bicyclic) bond motifs is 1. The summed E-state index contributed by atoms with van der Waals surface area (Å²) in [6.45, 7) is 3.71. The topological polar surface area (TPSA) is 57.8 Å². The third kappa shape index (κ3) is 3.02. The van der Waals surface area contributed by atoms with Gasteiger partial charge in [0.2, 0.25) is 0 Å². The minimum Gasteiger partial charge on any atom is -0.395 e. The summed E-state index contributed by atoms with van der Waals surface area (Å²) in [6, 6.07) is 1.82. The summed E-state index contributed by atoms with van der Waals surface area (Å²) in [6.07, 6.45) is 4.55. The van der Waals surface area contributed by atoms with Gasteiger partial charge in [-0.15, -0.1) is 11.3 Å². The molecule has 1 N–H and O–H groups in total. The zero-order valence-electron chi connectivity index (χ0n) is 12.3. The molecule has 6 heteroatoms. The van der Waals surface area contributed by atoms with Crippen molar-refractivity contribution in [3.8, 4) is 0 Å². The number of aliphatic hydroxyl groups is 1. The lowest BCUT2D eigenvalue weighted by Crippen LogP contribution is -2.37. The summed E-state index contributed by atoms with van der Waals surface area (Å²) in [7, 11) is 0. The fourth-order valence-corrected chi connectivity index (χ4v) is 3.93. The van der Waals surface area contributed by atoms with Gasteiger partial charge in [0.25, 0.3) is 5.56 Å². The molecule has 2 aromatic heterocycles. The van der Waals surface area contributed by atoms with E-state index in [-0.39, 0.29) is 18.2 Å². The number of aromatic nitrogens is 2. The quantitative estimate of drug-likeness (QED) is 0.939. The van der Waals surface area contributed by atoms with Crippen LogP contribution in [0.3, 0.4) is 0 Å². The number of hydrogen-bond donors (Lipinski definition) is 1. The summed E-state index contributed by atoms with van der Waals surface area (Å²) < 4.78 is 1.65. The van der Waals surface area contributed by atoms with E-state index in [1.165, 1.54) is 24.2 Å². The zero-order chi connectivity index (χ0) is 14.8. The van der Waals surface area contributed by atoms with Crippen LogP contribution in [0.1, 0.15) is 37.1 Å². The summed E-state index contributed by atoms with van der Waals surface area (Å²) in [5, 5.41) is 11.5. The van der Waals surface area contributed by atoms with Crippen LogP contribution >= 0.6 is 11.3 Å². The second kappa shape index (κ2) is 6.25. The van der Waals surface area contributed by atoms with Crippen LogP contribution in [0.15, 0.2) is 16.2 Å². The van der Waals surface area contributed by atoms with Crippen molar-refractivity contribution in [2.75, 3.05) is 13.2 Å². The SMILES string of the molecule is Cc1csc2nc(CN3CCCCCC3CO)cc(=O)n12. The smallest absolute Gasteiger partial charge is 0.259 e. The van der Waals surface area contributed by atoms with Crippen LogP contribution in [0.2, 0.25) is 0 Å². The van der Waals surface area contributed by atoms with Gasteiger partial charge in [0.05, 0.1) is 12.3 Å². The van der Waals surface area contributed by atoms with Crippen LogP contribution in [0.25, 0.3) is 4.96 Å². The summed E-state index contributed by atoms with van der Waals surface area (Å²) in [5.74, 6) is 0. The fraction of sp³-hybridized carbons (Fsp3) is 0.600. The number of aryl methyl sites for hydroxylation is 1. The molecular weight excluding hydrogens is 286 g/mol. The van der Waals surface area contributed by atoms with Crippen LogP contribution in [0.5, 0.6) is 0 Å². The van der Waals surface area contributed by atoms with E-state index in [2.05, 4.69) is 9.88 Å². The van der Waals surface area contributed by atoms with Crippen LogP contribution in [0.4, 0.5) is 0 Å². The standard InChI is InChI=1S/C15H21N3O2S/c1-11-10-21-15-16-12(7-14(20)18(11)15)8-17-6-4-2-3-5-13(17)9-19/h7,10,13,19H,2-6,8-9H2,1H3. The predicted octanol–water partition coefficient (Wildman–Crippen LogP) is 1.80. The first-order valence-electron chi connectivity index (χ1n) is 7.50. The maximum Gasteiger partial charge on any atom is 0.259 e. The lowest BCUT2D eigenvalue weighted by Gasteiger charge is -2.27. The normalized spacial score (nSPS) is 20.8. The van der Waals surface area contributed by atoms with E-state index in [0.717, 1.165) is 35.7 Å². The van der Waals surface area contributed by atoms with E-state index in [9.17, 15) is 9.90 Å². The highest BCUT2D eigenvalue weighted by Crippen LogP contribution is 2.19. The molecule has 114 valence electrons. The molecule has 1 aliphatic heterocycles. The number of hydrogen-bond acceptors (Lipinski definition) is 5. The number of rotatable bonds is 3. The van der Waals surface area contributed by atoms with E-state index < -0.39 is 0 Å². The van der Waals surface area contributed by atoms with Crippen molar-refractivity contribution in [3.63, 3.8) is 0 Å². The predicted molar refractivity (Wildman–Crippen MR) is 83.8 cm³/mol. The van der Waals surface area contributed by atoms with Gasteiger partial charge >= 0.3 is 0 Å². The largest absolute Gasteiger partial charge is 0.395 e. The fourth-order valence-electron chi connectivity index (χ4n) is 3.04. The average molecular weight is 307 g/mol. The first-order chi connectivity index (χ1) is 10.2. The highest BCUT2D eigenvalue weighted by atomic mass is 32.1. The van der Waals surface area contributed by atoms with Gasteiger partial charge in [-0.05, 0) is 26.3 Å². The molecule has 1 saturated heterocycles. The zero-order valence-corrected chi connectivity index (χ0v) is 13.1. The van der Waals surface area contributed by atoms with Gasteiger partial charge in [-0.25, -0.2) is 4.98 Å².